The first-order valence-electron chi connectivity index (χ1n) is 23.5. The first-order valence-corrected chi connectivity index (χ1v) is 23.5. The Labute approximate surface area is 411 Å². The fourth-order valence-electron chi connectivity index (χ4n) is 11.2. The van der Waals surface area contributed by atoms with E-state index in [2.05, 4.69) is 5.32 Å². The molecule has 2 bridgehead atoms. The first kappa shape index (κ1) is 52.2. The molecule has 4 aliphatic rings. The second-order valence-corrected chi connectivity index (χ2v) is 19.8. The Morgan fingerprint density at radius 2 is 1.34 bits per heavy atom. The van der Waals surface area contributed by atoms with Crippen LogP contribution < -0.4 is 16.8 Å². The van der Waals surface area contributed by atoms with Crippen molar-refractivity contribution >= 4 is 47.3 Å². The molecule has 0 radical (unpaired) electrons. The monoisotopic (exact) mass is 979 g/mol. The maximum atomic E-state index is 16.2. The summed E-state index contributed by atoms with van der Waals surface area (Å²) < 4.78 is 37.0. The van der Waals surface area contributed by atoms with Gasteiger partial charge in [0.15, 0.2) is 29.4 Å². The SMILES string of the molecule is CC(=O)O[C@H]1C(=O)[C@]2(C)[C@@H](OC(=O)C(C)N)C[C@H]3OC[C@@]3(OC(C)=O)[C@H]2[C@H](OC(=O)c2ccccc2)[C@]2(O)C[C@H](C(=O)[C@H](OC(=O)C(C)N)[C@@H](NC(=O)c3ccccc3)c3ccccc3)C(C)=C1C2(C)C. The second kappa shape index (κ2) is 19.9. The average molecular weight is 980 g/mol. The predicted molar refractivity (Wildman–Crippen MR) is 251 cm³/mol. The summed E-state index contributed by atoms with van der Waals surface area (Å²) in [5.74, 6) is -10.5. The van der Waals surface area contributed by atoms with Crippen LogP contribution in [0.2, 0.25) is 0 Å². The second-order valence-electron chi connectivity index (χ2n) is 19.8. The van der Waals surface area contributed by atoms with E-state index in [4.69, 9.17) is 39.9 Å². The minimum Gasteiger partial charge on any atom is -0.460 e. The van der Waals surface area contributed by atoms with Gasteiger partial charge in [-0.2, -0.15) is 0 Å². The number of ether oxygens (including phenoxy) is 6. The van der Waals surface area contributed by atoms with Crippen LogP contribution in [0.25, 0.3) is 0 Å². The maximum Gasteiger partial charge on any atom is 0.338 e. The topological polar surface area (TPSA) is 276 Å². The summed E-state index contributed by atoms with van der Waals surface area (Å²) in [6.07, 6.45) is -9.38. The van der Waals surface area contributed by atoms with Gasteiger partial charge in [0.05, 0.1) is 29.5 Å². The quantitative estimate of drug-likeness (QED) is 0.102. The molecule has 2 saturated carbocycles. The fourth-order valence-corrected chi connectivity index (χ4v) is 11.2. The number of ketones is 2. The highest BCUT2D eigenvalue weighted by Crippen LogP contribution is 2.65. The Morgan fingerprint density at radius 1 is 0.775 bits per heavy atom. The lowest BCUT2D eigenvalue weighted by atomic mass is 9.44. The minimum absolute atomic E-state index is 0.0126. The largest absolute Gasteiger partial charge is 0.460 e. The van der Waals surface area contributed by atoms with Crippen molar-refractivity contribution in [3.8, 4) is 0 Å². The van der Waals surface area contributed by atoms with Crippen LogP contribution in [0.15, 0.2) is 102 Å². The minimum atomic E-state index is -2.55. The summed E-state index contributed by atoms with van der Waals surface area (Å²) in [5.41, 5.74) is 4.19. The molecule has 378 valence electrons. The van der Waals surface area contributed by atoms with Crippen molar-refractivity contribution in [1.82, 2.24) is 5.32 Å². The van der Waals surface area contributed by atoms with Crippen LogP contribution in [0.3, 0.4) is 0 Å². The zero-order valence-corrected chi connectivity index (χ0v) is 40.9. The summed E-state index contributed by atoms with van der Waals surface area (Å²) in [6, 6.07) is 20.2. The van der Waals surface area contributed by atoms with Gasteiger partial charge in [0, 0.05) is 37.2 Å². The molecule has 3 aromatic rings. The van der Waals surface area contributed by atoms with Gasteiger partial charge in [-0.1, -0.05) is 86.2 Å². The molecule has 18 nitrogen and oxygen atoms in total. The zero-order valence-electron chi connectivity index (χ0n) is 40.9. The van der Waals surface area contributed by atoms with E-state index in [0.717, 1.165) is 13.8 Å². The Morgan fingerprint density at radius 3 is 1.86 bits per heavy atom. The highest BCUT2D eigenvalue weighted by molar-refractivity contribution is 5.99. The van der Waals surface area contributed by atoms with Gasteiger partial charge in [-0.3, -0.25) is 33.6 Å². The molecule has 18 heteroatoms. The van der Waals surface area contributed by atoms with Crippen molar-refractivity contribution in [3.63, 3.8) is 0 Å². The molecule has 1 heterocycles. The lowest BCUT2D eigenvalue weighted by Gasteiger charge is -2.67. The normalized spacial score (nSPS) is 30.1. The molecule has 3 aromatic carbocycles. The van der Waals surface area contributed by atoms with Gasteiger partial charge < -0.3 is 50.3 Å². The van der Waals surface area contributed by atoms with Crippen molar-refractivity contribution < 1.29 is 71.9 Å². The van der Waals surface area contributed by atoms with E-state index in [9.17, 15) is 33.9 Å². The first-order chi connectivity index (χ1) is 33.4. The summed E-state index contributed by atoms with van der Waals surface area (Å²) in [4.78, 5) is 115. The number of aliphatic hydroxyl groups is 1. The highest BCUT2D eigenvalue weighted by Gasteiger charge is 2.79. The molecule has 2 unspecified atom stereocenters. The van der Waals surface area contributed by atoms with Crippen LogP contribution in [0, 0.1) is 22.7 Å². The molecule has 1 amide bonds. The number of hydrogen-bond acceptors (Lipinski definition) is 17. The number of esters is 5. The van der Waals surface area contributed by atoms with E-state index in [1.165, 1.54) is 53.7 Å². The predicted octanol–water partition coefficient (Wildman–Crippen LogP) is 3.81. The third-order valence-corrected chi connectivity index (χ3v) is 14.9. The number of benzene rings is 3. The smallest absolute Gasteiger partial charge is 0.338 e. The number of hydrogen-bond donors (Lipinski definition) is 4. The van der Waals surface area contributed by atoms with Crippen LogP contribution in [0.5, 0.6) is 0 Å². The van der Waals surface area contributed by atoms with Gasteiger partial charge >= 0.3 is 29.8 Å². The van der Waals surface area contributed by atoms with Crippen LogP contribution in [0.4, 0.5) is 0 Å². The number of fused-ring (bicyclic) bond motifs is 5. The average Bonchev–Trinajstić information content (AvgIpc) is 3.32. The van der Waals surface area contributed by atoms with E-state index < -0.39 is 143 Å². The van der Waals surface area contributed by atoms with Crippen LogP contribution in [-0.2, 0) is 57.2 Å². The number of nitrogens with two attached hydrogens (primary N) is 2. The number of carbonyl (C=O) groups is 8. The summed E-state index contributed by atoms with van der Waals surface area (Å²) in [7, 11) is 0. The Hall–Kier alpha value is -6.60. The number of carbonyl (C=O) groups excluding carboxylic acids is 8. The molecule has 13 atom stereocenters. The number of amides is 1. The molecule has 6 N–H and O–H groups in total. The highest BCUT2D eigenvalue weighted by atomic mass is 16.6. The van der Waals surface area contributed by atoms with Crippen LogP contribution in [0.1, 0.15) is 101 Å². The third-order valence-electron chi connectivity index (χ3n) is 14.9. The van der Waals surface area contributed by atoms with Gasteiger partial charge in [0.1, 0.15) is 36.0 Å². The standard InChI is InChI=1S/C53H61N3O15/c1-27-35(40(59)42(69-48(63)29(3)55)39(32-18-12-9-13-19-32)56-46(61)33-20-14-10-15-21-33)25-53(65)45(70-49(64)34-22-16-11-17-23-34)43-51(8,44(60)41(67-30(4)57)38(27)50(53,6)7)36(68-47(62)28(2)54)24-37-52(43,26-66-37)71-31(5)58/h9-23,28-29,35-37,39,41-43,45,65H,24-26,54-55H2,1-8H3,(H,56,61)/t28?,29?,35-,36-,37+,39-,41+,42+,43-,45-,51+,52-,53+/m0/s1. The molecule has 3 aliphatic carbocycles. The molecule has 7 rings (SSSR count). The molecule has 1 aliphatic heterocycles. The Balaban J connectivity index is 1.53. The summed E-state index contributed by atoms with van der Waals surface area (Å²) in [5, 5.41) is 17.1. The van der Waals surface area contributed by atoms with Gasteiger partial charge in [0.25, 0.3) is 5.91 Å². The summed E-state index contributed by atoms with van der Waals surface area (Å²) in [6.45, 7) is 10.5. The number of nitrogens with one attached hydrogen (secondary N) is 1. The van der Waals surface area contributed by atoms with E-state index in [1.54, 1.807) is 78.9 Å². The van der Waals surface area contributed by atoms with E-state index in [1.807, 2.05) is 0 Å². The van der Waals surface area contributed by atoms with Crippen LogP contribution in [-0.4, -0.2) is 113 Å². The number of Topliss-reactive ketones (excluding diaryl/α,β-unsaturated/α-hetero) is 2. The van der Waals surface area contributed by atoms with Gasteiger partial charge in [-0.25, -0.2) is 4.79 Å². The third kappa shape index (κ3) is 9.29. The Bertz CT molecular complexity index is 2620. The number of allylic oxidation sites excluding steroid dienone is 1. The maximum absolute atomic E-state index is 16.2. The molecule has 0 aromatic heterocycles. The lowest BCUT2D eigenvalue weighted by molar-refractivity contribution is -0.346. The molecule has 71 heavy (non-hydrogen) atoms. The van der Waals surface area contributed by atoms with Crippen molar-refractivity contribution in [3.05, 3.63) is 119 Å². The molecule has 0 spiro atoms. The van der Waals surface area contributed by atoms with Crippen molar-refractivity contribution in [2.75, 3.05) is 6.61 Å². The molecular formula is C53H61N3O15. The van der Waals surface area contributed by atoms with Crippen molar-refractivity contribution in [1.29, 1.82) is 0 Å². The zero-order chi connectivity index (χ0) is 52.0. The lowest BCUT2D eigenvalue weighted by Crippen LogP contribution is -2.82. The van der Waals surface area contributed by atoms with Crippen LogP contribution >= 0.6 is 0 Å². The van der Waals surface area contributed by atoms with E-state index in [-0.39, 0.29) is 28.7 Å². The number of rotatable bonds is 14. The van der Waals surface area contributed by atoms with E-state index in [0.29, 0.717) is 5.56 Å². The van der Waals surface area contributed by atoms with Crippen molar-refractivity contribution in [2.45, 2.75) is 128 Å². The molecule has 3 fully saturated rings. The van der Waals surface area contributed by atoms with Gasteiger partial charge in [-0.15, -0.1) is 0 Å². The van der Waals surface area contributed by atoms with E-state index >= 15 is 9.59 Å². The fraction of sp³-hybridized carbons (Fsp3) is 0.472. The van der Waals surface area contributed by atoms with Gasteiger partial charge in [0.2, 0.25) is 0 Å². The summed E-state index contributed by atoms with van der Waals surface area (Å²) >= 11 is 0. The van der Waals surface area contributed by atoms with Gasteiger partial charge in [-0.05, 0) is 69.5 Å². The Kier molecular flexibility index (Phi) is 14.6. The molecular weight excluding hydrogens is 919 g/mol. The molecule has 1 saturated heterocycles. The van der Waals surface area contributed by atoms with Crippen molar-refractivity contribution in [2.24, 2.45) is 34.1 Å².